The van der Waals surface area contributed by atoms with E-state index in [1.807, 2.05) is 35.0 Å². The summed E-state index contributed by atoms with van der Waals surface area (Å²) in [6.07, 6.45) is 14.9. The normalized spacial score (nSPS) is 20.2. The standard InChI is InChI=1S/C34H31N3O2/c1-4-6-7-8-14-24(3)34-31-27(30-19-11-12-21-37(30)34)17-13-18-28(31)32-26-16-10-9-15-25(26)20-22-36(32)23-39-33(38)29(5-2)35-34/h5-22,24H,2,4,23H2,1,3H3/q+2/b7-6-,14-8?,35-29-. The number of aromatic nitrogens is 2. The number of fused-ring (bicyclic) bond motifs is 7. The molecule has 0 saturated carbocycles. The predicted molar refractivity (Wildman–Crippen MR) is 154 cm³/mol. The number of rotatable bonds is 5. The van der Waals surface area contributed by atoms with Crippen LogP contribution in [0.2, 0.25) is 0 Å². The van der Waals surface area contributed by atoms with Crippen LogP contribution >= 0.6 is 0 Å². The van der Waals surface area contributed by atoms with Gasteiger partial charge in [-0.3, -0.25) is 0 Å². The van der Waals surface area contributed by atoms with Crippen LogP contribution < -0.4 is 9.13 Å². The number of hydrogen-bond acceptors (Lipinski definition) is 3. The molecule has 2 aliphatic heterocycles. The molecule has 4 heterocycles. The summed E-state index contributed by atoms with van der Waals surface area (Å²) in [5.41, 5.74) is 4.51. The molecular weight excluding hydrogens is 482 g/mol. The molecule has 0 bridgehead atoms. The van der Waals surface area contributed by atoms with Crippen molar-refractivity contribution in [2.45, 2.75) is 32.7 Å². The molecule has 0 saturated heterocycles. The minimum atomic E-state index is -0.951. The van der Waals surface area contributed by atoms with E-state index in [0.29, 0.717) is 0 Å². The average Bonchev–Trinajstić information content (AvgIpc) is 3.27. The Balaban J connectivity index is 1.78. The van der Waals surface area contributed by atoms with Crippen molar-refractivity contribution >= 4 is 22.5 Å². The molecule has 0 N–H and O–H groups in total. The lowest BCUT2D eigenvalue weighted by Crippen LogP contribution is -2.58. The summed E-state index contributed by atoms with van der Waals surface area (Å²) in [6.45, 7) is 8.29. The highest BCUT2D eigenvalue weighted by molar-refractivity contribution is 6.41. The SMILES string of the molecule is C=C/C1=N/C2(C(C)C=C/C=C\CC)c3c(cccc3-c3cccc[n+]32)-c2c3ccccc3cc[n+]2COC1=O. The number of pyridine rings is 2. The number of aliphatic imine (C=N–C) groups is 1. The number of cyclic esters (lactones) is 1. The lowest BCUT2D eigenvalue weighted by molar-refractivity contribution is -0.743. The molecule has 0 aliphatic carbocycles. The minimum Gasteiger partial charge on any atom is -0.400 e. The summed E-state index contributed by atoms with van der Waals surface area (Å²) in [5.74, 6) is -0.623. The highest BCUT2D eigenvalue weighted by atomic mass is 16.5. The molecule has 2 aliphatic rings. The molecule has 6 rings (SSSR count). The van der Waals surface area contributed by atoms with Crippen molar-refractivity contribution in [1.82, 2.24) is 0 Å². The van der Waals surface area contributed by atoms with Gasteiger partial charge in [-0.2, -0.15) is 9.13 Å². The van der Waals surface area contributed by atoms with Gasteiger partial charge in [-0.15, -0.1) is 0 Å². The monoisotopic (exact) mass is 513 g/mol. The third-order valence-corrected chi connectivity index (χ3v) is 7.67. The van der Waals surface area contributed by atoms with Crippen LogP contribution in [0.1, 0.15) is 25.8 Å². The Morgan fingerprint density at radius 2 is 1.85 bits per heavy atom. The fourth-order valence-corrected chi connectivity index (χ4v) is 5.90. The van der Waals surface area contributed by atoms with E-state index < -0.39 is 11.6 Å². The molecule has 4 aromatic rings. The number of benzene rings is 2. The maximum Gasteiger partial charge on any atom is 0.361 e. The Morgan fingerprint density at radius 1 is 1.03 bits per heavy atom. The van der Waals surface area contributed by atoms with Crippen molar-refractivity contribution in [3.05, 3.63) is 122 Å². The summed E-state index contributed by atoms with van der Waals surface area (Å²) in [4.78, 5) is 18.7. The smallest absolute Gasteiger partial charge is 0.361 e. The van der Waals surface area contributed by atoms with Gasteiger partial charge in [0.05, 0.1) is 28.0 Å². The van der Waals surface area contributed by atoms with Gasteiger partial charge in [0.15, 0.2) is 12.4 Å². The molecule has 0 spiro atoms. The largest absolute Gasteiger partial charge is 0.400 e. The Bertz CT molecular complexity index is 1720. The molecular formula is C34H31N3O2+2. The number of esters is 1. The number of hydrogen-bond donors (Lipinski definition) is 0. The van der Waals surface area contributed by atoms with Crippen molar-refractivity contribution in [2.24, 2.45) is 10.9 Å². The van der Waals surface area contributed by atoms with Gasteiger partial charge in [0.2, 0.25) is 11.4 Å². The van der Waals surface area contributed by atoms with Crippen molar-refractivity contribution in [1.29, 1.82) is 0 Å². The second-order valence-electron chi connectivity index (χ2n) is 9.90. The van der Waals surface area contributed by atoms with Crippen molar-refractivity contribution in [3.8, 4) is 22.5 Å². The van der Waals surface area contributed by atoms with Gasteiger partial charge in [-0.25, -0.2) is 9.79 Å². The Kier molecular flexibility index (Phi) is 6.27. The highest BCUT2D eigenvalue weighted by Gasteiger charge is 2.57. The van der Waals surface area contributed by atoms with Crippen LogP contribution in [0.15, 0.2) is 121 Å². The first-order valence-electron chi connectivity index (χ1n) is 13.4. The molecule has 5 nitrogen and oxygen atoms in total. The zero-order valence-corrected chi connectivity index (χ0v) is 22.2. The number of nitrogens with zero attached hydrogens (tertiary/aromatic N) is 3. The molecule has 2 aromatic heterocycles. The molecule has 2 aromatic carbocycles. The van der Waals surface area contributed by atoms with Crippen molar-refractivity contribution in [2.75, 3.05) is 0 Å². The van der Waals surface area contributed by atoms with Gasteiger partial charge in [0, 0.05) is 18.2 Å². The summed E-state index contributed by atoms with van der Waals surface area (Å²) in [6, 6.07) is 23.0. The van der Waals surface area contributed by atoms with Gasteiger partial charge in [-0.05, 0) is 49.1 Å². The molecule has 39 heavy (non-hydrogen) atoms. The molecule has 2 atom stereocenters. The van der Waals surface area contributed by atoms with Crippen LogP contribution in [-0.2, 0) is 21.9 Å². The van der Waals surface area contributed by atoms with Crippen LogP contribution in [0.3, 0.4) is 0 Å². The van der Waals surface area contributed by atoms with Gasteiger partial charge in [0.1, 0.15) is 5.71 Å². The maximum absolute atomic E-state index is 13.4. The van der Waals surface area contributed by atoms with E-state index in [1.54, 1.807) is 0 Å². The topological polar surface area (TPSA) is 46.4 Å². The van der Waals surface area contributed by atoms with E-state index in [1.165, 1.54) is 6.08 Å². The van der Waals surface area contributed by atoms with Gasteiger partial charge in [0.25, 0.3) is 12.4 Å². The first kappa shape index (κ1) is 24.7. The highest BCUT2D eigenvalue weighted by Crippen LogP contribution is 2.48. The quantitative estimate of drug-likeness (QED) is 0.185. The Hall–Kier alpha value is -4.64. The van der Waals surface area contributed by atoms with E-state index in [4.69, 9.17) is 9.73 Å². The Morgan fingerprint density at radius 3 is 2.69 bits per heavy atom. The second kappa shape index (κ2) is 9.91. The zero-order chi connectivity index (χ0) is 27.0. The van der Waals surface area contributed by atoms with Gasteiger partial charge < -0.3 is 4.74 Å². The molecule has 0 fully saturated rings. The van der Waals surface area contributed by atoms with E-state index >= 15 is 0 Å². The number of carbonyl (C=O) groups is 1. The third-order valence-electron chi connectivity index (χ3n) is 7.67. The minimum absolute atomic E-state index is 0.0693. The van der Waals surface area contributed by atoms with Crippen LogP contribution in [0, 0.1) is 5.92 Å². The van der Waals surface area contributed by atoms with Crippen LogP contribution in [0.4, 0.5) is 0 Å². The zero-order valence-electron chi connectivity index (χ0n) is 22.2. The fraction of sp³-hybridized carbons (Fsp3) is 0.176. The first-order chi connectivity index (χ1) is 19.1. The predicted octanol–water partition coefficient (Wildman–Crippen LogP) is 6.06. The summed E-state index contributed by atoms with van der Waals surface area (Å²) in [5, 5.41) is 2.20. The fourth-order valence-electron chi connectivity index (χ4n) is 5.90. The van der Waals surface area contributed by atoms with E-state index in [-0.39, 0.29) is 18.4 Å². The molecule has 192 valence electrons. The van der Waals surface area contributed by atoms with E-state index in [0.717, 1.165) is 45.3 Å². The first-order valence-corrected chi connectivity index (χ1v) is 13.4. The number of allylic oxidation sites excluding steroid dienone is 3. The molecule has 5 heteroatoms. The van der Waals surface area contributed by atoms with Crippen molar-refractivity contribution in [3.63, 3.8) is 0 Å². The molecule has 0 radical (unpaired) electrons. The Labute approximate surface area is 228 Å². The summed E-state index contributed by atoms with van der Waals surface area (Å²) >= 11 is 0. The third kappa shape index (κ3) is 3.85. The van der Waals surface area contributed by atoms with E-state index in [2.05, 4.69) is 98.0 Å². The van der Waals surface area contributed by atoms with Crippen molar-refractivity contribution < 1.29 is 18.7 Å². The van der Waals surface area contributed by atoms with Crippen LogP contribution in [0.25, 0.3) is 33.3 Å². The maximum atomic E-state index is 13.4. The van der Waals surface area contributed by atoms with Gasteiger partial charge in [-0.1, -0.05) is 62.1 Å². The molecule has 0 amide bonds. The lowest BCUT2D eigenvalue weighted by atomic mass is 9.82. The number of ether oxygens (including phenoxy) is 1. The second-order valence-corrected chi connectivity index (χ2v) is 9.90. The average molecular weight is 514 g/mol. The number of carbonyl (C=O) groups excluding carboxylic acids is 1. The summed E-state index contributed by atoms with van der Waals surface area (Å²) in [7, 11) is 0. The molecule has 2 unspecified atom stereocenters. The lowest BCUT2D eigenvalue weighted by Gasteiger charge is -2.28. The van der Waals surface area contributed by atoms with E-state index in [9.17, 15) is 4.79 Å². The van der Waals surface area contributed by atoms with Crippen LogP contribution in [-0.4, -0.2) is 11.7 Å². The van der Waals surface area contributed by atoms with Gasteiger partial charge >= 0.3 is 5.97 Å². The van der Waals surface area contributed by atoms with Crippen LogP contribution in [0.5, 0.6) is 0 Å². The summed E-state index contributed by atoms with van der Waals surface area (Å²) < 4.78 is 10.1.